The van der Waals surface area contributed by atoms with Gasteiger partial charge in [-0.2, -0.15) is 11.8 Å². The van der Waals surface area contributed by atoms with Crippen molar-refractivity contribution in [1.29, 1.82) is 0 Å². The van der Waals surface area contributed by atoms with Crippen molar-refractivity contribution < 1.29 is 19.5 Å². The van der Waals surface area contributed by atoms with Crippen molar-refractivity contribution in [3.05, 3.63) is 0 Å². The summed E-state index contributed by atoms with van der Waals surface area (Å²) < 4.78 is 0. The van der Waals surface area contributed by atoms with Crippen LogP contribution in [0, 0.1) is 0 Å². The van der Waals surface area contributed by atoms with Gasteiger partial charge in [0.2, 0.25) is 5.91 Å². The normalized spacial score (nSPS) is 11.6. The highest BCUT2D eigenvalue weighted by Crippen LogP contribution is 2.02. The average Bonchev–Trinajstić information content (AvgIpc) is 2.40. The fourth-order valence-corrected chi connectivity index (χ4v) is 1.96. The molecule has 0 spiro atoms. The van der Waals surface area contributed by atoms with Gasteiger partial charge < -0.3 is 20.6 Å². The molecule has 8 heteroatoms. The van der Waals surface area contributed by atoms with E-state index in [-0.39, 0.29) is 12.5 Å². The molecule has 7 nitrogen and oxygen atoms in total. The number of amides is 3. The third kappa shape index (κ3) is 7.22. The summed E-state index contributed by atoms with van der Waals surface area (Å²) in [5, 5.41) is 14.1. The molecule has 0 aliphatic rings. The second kappa shape index (κ2) is 10.4. The van der Waals surface area contributed by atoms with Crippen LogP contribution < -0.4 is 10.6 Å². The van der Waals surface area contributed by atoms with Crippen LogP contribution in [0.2, 0.25) is 0 Å². The quantitative estimate of drug-likeness (QED) is 0.571. The Morgan fingerprint density at radius 1 is 1.30 bits per heavy atom. The van der Waals surface area contributed by atoms with Gasteiger partial charge in [-0.25, -0.2) is 9.59 Å². The lowest BCUT2D eigenvalue weighted by Gasteiger charge is -2.23. The van der Waals surface area contributed by atoms with Crippen LogP contribution in [0.15, 0.2) is 0 Å². The zero-order chi connectivity index (χ0) is 15.5. The number of hydrogen-bond donors (Lipinski definition) is 3. The highest BCUT2D eigenvalue weighted by Gasteiger charge is 2.23. The predicted molar refractivity (Wildman–Crippen MR) is 78.9 cm³/mol. The first-order valence-electron chi connectivity index (χ1n) is 6.50. The summed E-state index contributed by atoms with van der Waals surface area (Å²) in [4.78, 5) is 35.7. The lowest BCUT2D eigenvalue weighted by Crippen LogP contribution is -2.50. The van der Waals surface area contributed by atoms with Crippen molar-refractivity contribution in [3.63, 3.8) is 0 Å². The molecule has 0 aliphatic heterocycles. The number of rotatable bonds is 9. The maximum Gasteiger partial charge on any atom is 0.326 e. The number of thioether (sulfide) groups is 1. The van der Waals surface area contributed by atoms with Crippen LogP contribution in [0.3, 0.4) is 0 Å². The van der Waals surface area contributed by atoms with Crippen molar-refractivity contribution in [2.45, 2.75) is 26.3 Å². The Morgan fingerprint density at radius 2 is 1.95 bits per heavy atom. The van der Waals surface area contributed by atoms with Crippen molar-refractivity contribution in [2.24, 2.45) is 0 Å². The van der Waals surface area contributed by atoms with Crippen LogP contribution >= 0.6 is 11.8 Å². The fourth-order valence-electron chi connectivity index (χ4n) is 1.49. The number of carbonyl (C=O) groups is 3. The number of aliphatic carboxylic acids is 1. The van der Waals surface area contributed by atoms with Crippen molar-refractivity contribution in [1.82, 2.24) is 15.5 Å². The van der Waals surface area contributed by atoms with E-state index in [9.17, 15) is 14.4 Å². The monoisotopic (exact) mass is 305 g/mol. The van der Waals surface area contributed by atoms with Crippen molar-refractivity contribution in [3.8, 4) is 0 Å². The number of carbonyl (C=O) groups excluding carboxylic acids is 2. The first kappa shape index (κ1) is 18.6. The SMILES string of the molecule is CCNC(=O)CN(CC)C(=O)NC(CCSC)C(=O)O. The maximum absolute atomic E-state index is 12.0. The number of hydrogen-bond acceptors (Lipinski definition) is 4. The Balaban J connectivity index is 4.50. The topological polar surface area (TPSA) is 98.7 Å². The molecule has 20 heavy (non-hydrogen) atoms. The van der Waals surface area contributed by atoms with E-state index in [1.54, 1.807) is 13.8 Å². The summed E-state index contributed by atoms with van der Waals surface area (Å²) in [5.74, 6) is -0.693. The van der Waals surface area contributed by atoms with Gasteiger partial charge in [0.05, 0.1) is 0 Å². The van der Waals surface area contributed by atoms with Gasteiger partial charge in [0.1, 0.15) is 12.6 Å². The van der Waals surface area contributed by atoms with Gasteiger partial charge in [0, 0.05) is 13.1 Å². The minimum absolute atomic E-state index is 0.0783. The molecule has 0 aromatic rings. The Hall–Kier alpha value is -1.44. The number of nitrogens with zero attached hydrogens (tertiary/aromatic N) is 1. The first-order valence-corrected chi connectivity index (χ1v) is 7.89. The van der Waals surface area contributed by atoms with E-state index < -0.39 is 18.0 Å². The minimum Gasteiger partial charge on any atom is -0.480 e. The maximum atomic E-state index is 12.0. The molecule has 3 N–H and O–H groups in total. The van der Waals surface area contributed by atoms with Crippen LogP contribution in [0.1, 0.15) is 20.3 Å². The minimum atomic E-state index is -1.07. The van der Waals surface area contributed by atoms with E-state index in [1.165, 1.54) is 16.7 Å². The molecule has 0 aromatic heterocycles. The zero-order valence-electron chi connectivity index (χ0n) is 12.1. The Morgan fingerprint density at radius 3 is 2.40 bits per heavy atom. The zero-order valence-corrected chi connectivity index (χ0v) is 13.0. The molecule has 0 aromatic carbocycles. The van der Waals surface area contributed by atoms with E-state index >= 15 is 0 Å². The Kier molecular flexibility index (Phi) is 9.61. The summed E-state index contributed by atoms with van der Waals surface area (Å²) in [7, 11) is 0. The predicted octanol–water partition coefficient (Wildman–Crippen LogP) is 0.360. The van der Waals surface area contributed by atoms with Crippen LogP contribution in [0.4, 0.5) is 4.79 Å². The summed E-state index contributed by atoms with van der Waals surface area (Å²) in [6, 6.07) is -1.47. The molecule has 0 bridgehead atoms. The largest absolute Gasteiger partial charge is 0.480 e. The van der Waals surface area contributed by atoms with E-state index in [0.29, 0.717) is 25.3 Å². The van der Waals surface area contributed by atoms with Crippen LogP contribution in [-0.4, -0.2) is 65.6 Å². The summed E-state index contributed by atoms with van der Waals surface area (Å²) >= 11 is 1.51. The summed E-state index contributed by atoms with van der Waals surface area (Å²) in [6.07, 6.45) is 2.22. The van der Waals surface area contributed by atoms with E-state index in [0.717, 1.165) is 0 Å². The summed E-state index contributed by atoms with van der Waals surface area (Å²) in [6.45, 7) is 4.26. The van der Waals surface area contributed by atoms with Gasteiger partial charge in [0.25, 0.3) is 0 Å². The molecule has 0 saturated heterocycles. The standard InChI is InChI=1S/C12H23N3O4S/c1-4-13-10(16)8-15(5-2)12(19)14-9(11(17)18)6-7-20-3/h9H,4-8H2,1-3H3,(H,13,16)(H,14,19)(H,17,18). The van der Waals surface area contributed by atoms with Crippen molar-refractivity contribution in [2.75, 3.05) is 31.6 Å². The van der Waals surface area contributed by atoms with Gasteiger partial charge >= 0.3 is 12.0 Å². The number of likely N-dealkylation sites (N-methyl/N-ethyl adjacent to an activating group) is 2. The molecule has 0 rings (SSSR count). The summed E-state index contributed by atoms with van der Waals surface area (Å²) in [5.41, 5.74) is 0. The lowest BCUT2D eigenvalue weighted by atomic mass is 10.2. The van der Waals surface area contributed by atoms with Gasteiger partial charge in [-0.1, -0.05) is 0 Å². The molecule has 1 unspecified atom stereocenters. The highest BCUT2D eigenvalue weighted by molar-refractivity contribution is 7.98. The van der Waals surface area contributed by atoms with Gasteiger partial charge in [-0.3, -0.25) is 4.79 Å². The first-order chi connectivity index (χ1) is 9.46. The van der Waals surface area contributed by atoms with Crippen LogP contribution in [-0.2, 0) is 9.59 Å². The Labute approximate surface area is 123 Å². The van der Waals surface area contributed by atoms with Crippen LogP contribution in [0.5, 0.6) is 0 Å². The molecule has 0 aliphatic carbocycles. The van der Waals surface area contributed by atoms with Gasteiger partial charge in [-0.15, -0.1) is 0 Å². The molecule has 3 amide bonds. The number of carboxylic acid groups (broad SMARTS) is 1. The second-order valence-electron chi connectivity index (χ2n) is 4.09. The van der Waals surface area contributed by atoms with E-state index in [4.69, 9.17) is 5.11 Å². The molecule has 116 valence electrons. The third-order valence-electron chi connectivity index (χ3n) is 2.58. The molecule has 1 atom stereocenters. The molecule has 0 saturated carbocycles. The third-order valence-corrected chi connectivity index (χ3v) is 3.23. The number of nitrogens with one attached hydrogen (secondary N) is 2. The van der Waals surface area contributed by atoms with E-state index in [1.807, 2.05) is 6.26 Å². The number of carboxylic acids is 1. The van der Waals surface area contributed by atoms with Crippen LogP contribution in [0.25, 0.3) is 0 Å². The van der Waals surface area contributed by atoms with Gasteiger partial charge in [-0.05, 0) is 32.3 Å². The van der Waals surface area contributed by atoms with Gasteiger partial charge in [0.15, 0.2) is 0 Å². The van der Waals surface area contributed by atoms with E-state index in [2.05, 4.69) is 10.6 Å². The average molecular weight is 305 g/mol. The number of urea groups is 1. The molecular formula is C12H23N3O4S. The highest BCUT2D eigenvalue weighted by atomic mass is 32.2. The molecule has 0 heterocycles. The molecule has 0 radical (unpaired) electrons. The molecular weight excluding hydrogens is 282 g/mol. The fraction of sp³-hybridized carbons (Fsp3) is 0.750. The lowest BCUT2D eigenvalue weighted by molar-refractivity contribution is -0.139. The Bertz CT molecular complexity index is 339. The van der Waals surface area contributed by atoms with Crippen molar-refractivity contribution >= 4 is 29.7 Å². The second-order valence-corrected chi connectivity index (χ2v) is 5.08. The molecule has 0 fully saturated rings. The smallest absolute Gasteiger partial charge is 0.326 e.